The molecule has 0 unspecified atom stereocenters. The van der Waals surface area contributed by atoms with Crippen molar-refractivity contribution in [1.82, 2.24) is 24.3 Å². The van der Waals surface area contributed by atoms with Crippen molar-refractivity contribution in [1.29, 1.82) is 0 Å². The molecule has 1 aliphatic heterocycles. The molecular formula is C31H28N8OS. The lowest BCUT2D eigenvalue weighted by Crippen LogP contribution is -2.36. The summed E-state index contributed by atoms with van der Waals surface area (Å²) >= 11 is 1.60. The van der Waals surface area contributed by atoms with Gasteiger partial charge in [0.15, 0.2) is 4.96 Å². The molecule has 1 saturated heterocycles. The van der Waals surface area contributed by atoms with E-state index in [1.807, 2.05) is 48.1 Å². The van der Waals surface area contributed by atoms with Crippen molar-refractivity contribution in [3.05, 3.63) is 102 Å². The van der Waals surface area contributed by atoms with Gasteiger partial charge in [-0.2, -0.15) is 0 Å². The lowest BCUT2D eigenvalue weighted by atomic mass is 10.1. The molecule has 10 heteroatoms. The summed E-state index contributed by atoms with van der Waals surface area (Å²) in [5.74, 6) is 0.531. The molecule has 2 aromatic carbocycles. The Balaban J connectivity index is 1.16. The average molecular weight is 561 g/mol. The molecule has 0 radical (unpaired) electrons. The maximum absolute atomic E-state index is 5.48. The number of thiazole rings is 1. The Hall–Kier alpha value is -4.80. The van der Waals surface area contributed by atoms with Gasteiger partial charge >= 0.3 is 0 Å². The molecule has 4 aromatic heterocycles. The van der Waals surface area contributed by atoms with E-state index in [-0.39, 0.29) is 0 Å². The van der Waals surface area contributed by atoms with Crippen LogP contribution in [0.5, 0.6) is 0 Å². The van der Waals surface area contributed by atoms with E-state index in [4.69, 9.17) is 14.7 Å². The number of ether oxygens (including phenoxy) is 1. The van der Waals surface area contributed by atoms with Crippen LogP contribution in [-0.2, 0) is 11.3 Å². The summed E-state index contributed by atoms with van der Waals surface area (Å²) in [6.45, 7) is 3.99. The summed E-state index contributed by atoms with van der Waals surface area (Å²) in [5.41, 5.74) is 7.70. The highest BCUT2D eigenvalue weighted by molar-refractivity contribution is 7.15. The van der Waals surface area contributed by atoms with E-state index in [0.29, 0.717) is 12.5 Å². The molecule has 0 atom stereocenters. The first-order valence-corrected chi connectivity index (χ1v) is 14.4. The van der Waals surface area contributed by atoms with Crippen molar-refractivity contribution in [3.8, 4) is 22.6 Å². The maximum atomic E-state index is 5.48. The minimum absolute atomic E-state index is 0.531. The summed E-state index contributed by atoms with van der Waals surface area (Å²) in [6, 6.07) is 24.5. The van der Waals surface area contributed by atoms with Crippen molar-refractivity contribution in [2.45, 2.75) is 6.54 Å². The molecule has 204 valence electrons. The van der Waals surface area contributed by atoms with Crippen LogP contribution in [0.3, 0.4) is 0 Å². The van der Waals surface area contributed by atoms with E-state index in [9.17, 15) is 0 Å². The molecule has 41 heavy (non-hydrogen) atoms. The second-order valence-corrected chi connectivity index (χ2v) is 10.5. The number of nitrogens with zero attached hydrogens (tertiary/aromatic N) is 6. The van der Waals surface area contributed by atoms with E-state index in [0.717, 1.165) is 71.0 Å². The zero-order valence-corrected chi connectivity index (χ0v) is 23.1. The number of hydrogen-bond acceptors (Lipinski definition) is 9. The first-order valence-electron chi connectivity index (χ1n) is 13.5. The predicted octanol–water partition coefficient (Wildman–Crippen LogP) is 6.11. The zero-order chi connectivity index (χ0) is 27.4. The lowest BCUT2D eigenvalue weighted by molar-refractivity contribution is 0.122. The summed E-state index contributed by atoms with van der Waals surface area (Å²) in [5, 5.41) is 8.89. The van der Waals surface area contributed by atoms with Gasteiger partial charge in [0, 0.05) is 59.7 Å². The third kappa shape index (κ3) is 5.47. The molecular weight excluding hydrogens is 532 g/mol. The van der Waals surface area contributed by atoms with E-state index in [2.05, 4.69) is 72.4 Å². The van der Waals surface area contributed by atoms with E-state index in [1.165, 1.54) is 5.69 Å². The Labute approximate surface area is 241 Å². The van der Waals surface area contributed by atoms with E-state index >= 15 is 0 Å². The summed E-state index contributed by atoms with van der Waals surface area (Å²) in [4.78, 5) is 22.1. The van der Waals surface area contributed by atoms with Crippen LogP contribution in [0.25, 0.3) is 27.6 Å². The highest BCUT2D eigenvalue weighted by atomic mass is 32.1. The zero-order valence-electron chi connectivity index (χ0n) is 22.3. The quantitative estimate of drug-likeness (QED) is 0.231. The molecule has 0 saturated carbocycles. The van der Waals surface area contributed by atoms with Gasteiger partial charge in [-0.3, -0.25) is 9.38 Å². The Morgan fingerprint density at radius 3 is 2.61 bits per heavy atom. The minimum atomic E-state index is 0.531. The minimum Gasteiger partial charge on any atom is -0.379 e. The van der Waals surface area contributed by atoms with Crippen molar-refractivity contribution >= 4 is 39.3 Å². The summed E-state index contributed by atoms with van der Waals surface area (Å²) in [7, 11) is 0. The van der Waals surface area contributed by atoms with Crippen LogP contribution < -0.4 is 15.5 Å². The van der Waals surface area contributed by atoms with Gasteiger partial charge in [0.05, 0.1) is 36.8 Å². The molecule has 2 N–H and O–H groups in total. The van der Waals surface area contributed by atoms with Gasteiger partial charge in [-0.15, -0.1) is 11.3 Å². The monoisotopic (exact) mass is 560 g/mol. The second-order valence-electron chi connectivity index (χ2n) is 9.66. The van der Waals surface area contributed by atoms with Crippen molar-refractivity contribution in [2.75, 3.05) is 41.8 Å². The third-order valence-electron chi connectivity index (χ3n) is 7.00. The number of anilines is 4. The van der Waals surface area contributed by atoms with Gasteiger partial charge in [-0.25, -0.2) is 15.0 Å². The fourth-order valence-electron chi connectivity index (χ4n) is 4.96. The van der Waals surface area contributed by atoms with E-state index in [1.54, 1.807) is 17.5 Å². The standard InChI is InChI=1S/C31H28N8OS/c1-2-12-32-25(5-1)21-34-24-6-3-4-22(20-24)28-29(39-16-19-41-31(39)37-28)27-11-13-33-30(36-27)35-23-7-9-26(10-8-23)38-14-17-40-18-15-38/h1-13,16,19-20,34H,14-15,17-18,21H2,(H,33,35,36). The molecule has 9 nitrogen and oxygen atoms in total. The number of benzene rings is 2. The highest BCUT2D eigenvalue weighted by Gasteiger charge is 2.19. The normalized spacial score (nSPS) is 13.4. The van der Waals surface area contributed by atoms with Gasteiger partial charge < -0.3 is 20.3 Å². The fourth-order valence-corrected chi connectivity index (χ4v) is 5.67. The number of hydrogen-bond donors (Lipinski definition) is 2. The SMILES string of the molecule is c1ccc(CNc2cccc(-c3nc4sccn4c3-c3ccnc(Nc4ccc(N5CCOCC5)cc4)n3)c2)nc1. The Morgan fingerprint density at radius 1 is 0.854 bits per heavy atom. The van der Waals surface area contributed by atoms with Crippen molar-refractivity contribution < 1.29 is 4.74 Å². The number of morpholine rings is 1. The molecule has 0 bridgehead atoms. The van der Waals surface area contributed by atoms with Gasteiger partial charge in [0.2, 0.25) is 5.95 Å². The molecule has 7 rings (SSSR count). The second kappa shape index (κ2) is 11.4. The first-order chi connectivity index (χ1) is 20.3. The molecule has 0 aliphatic carbocycles. The van der Waals surface area contributed by atoms with Crippen LogP contribution in [0, 0.1) is 0 Å². The van der Waals surface area contributed by atoms with Crippen LogP contribution in [0.15, 0.2) is 96.8 Å². The summed E-state index contributed by atoms with van der Waals surface area (Å²) < 4.78 is 7.57. The molecule has 5 heterocycles. The Kier molecular flexibility index (Phi) is 6.98. The smallest absolute Gasteiger partial charge is 0.227 e. The molecule has 0 amide bonds. The predicted molar refractivity (Wildman–Crippen MR) is 164 cm³/mol. The summed E-state index contributed by atoms with van der Waals surface area (Å²) in [6.07, 6.45) is 5.63. The topological polar surface area (TPSA) is 92.5 Å². The highest BCUT2D eigenvalue weighted by Crippen LogP contribution is 2.35. The Morgan fingerprint density at radius 2 is 1.76 bits per heavy atom. The fraction of sp³-hybridized carbons (Fsp3) is 0.161. The van der Waals surface area contributed by atoms with Crippen LogP contribution in [0.1, 0.15) is 5.69 Å². The third-order valence-corrected chi connectivity index (χ3v) is 7.75. The van der Waals surface area contributed by atoms with Gasteiger partial charge in [-0.05, 0) is 54.6 Å². The molecule has 1 fully saturated rings. The maximum Gasteiger partial charge on any atom is 0.227 e. The number of pyridine rings is 1. The van der Waals surface area contributed by atoms with Gasteiger partial charge in [0.1, 0.15) is 5.69 Å². The van der Waals surface area contributed by atoms with Crippen LogP contribution in [0.4, 0.5) is 23.0 Å². The average Bonchev–Trinajstić information content (AvgIpc) is 3.64. The first kappa shape index (κ1) is 25.2. The number of rotatable bonds is 8. The molecule has 1 aliphatic rings. The van der Waals surface area contributed by atoms with Crippen molar-refractivity contribution in [2.24, 2.45) is 0 Å². The number of aromatic nitrogens is 5. The van der Waals surface area contributed by atoms with Gasteiger partial charge in [-0.1, -0.05) is 18.2 Å². The van der Waals surface area contributed by atoms with Gasteiger partial charge in [0.25, 0.3) is 0 Å². The van der Waals surface area contributed by atoms with Crippen LogP contribution in [0.2, 0.25) is 0 Å². The van der Waals surface area contributed by atoms with Crippen molar-refractivity contribution in [3.63, 3.8) is 0 Å². The molecule has 0 spiro atoms. The number of nitrogens with one attached hydrogen (secondary N) is 2. The van der Waals surface area contributed by atoms with Crippen LogP contribution in [-0.4, -0.2) is 50.6 Å². The van der Waals surface area contributed by atoms with E-state index < -0.39 is 0 Å². The van der Waals surface area contributed by atoms with Crippen LogP contribution >= 0.6 is 11.3 Å². The lowest BCUT2D eigenvalue weighted by Gasteiger charge is -2.28. The largest absolute Gasteiger partial charge is 0.379 e. The Bertz CT molecular complexity index is 1760. The number of fused-ring (bicyclic) bond motifs is 1. The molecule has 6 aromatic rings. The number of imidazole rings is 1.